The number of aliphatic hydroxyl groups is 1. The van der Waals surface area contributed by atoms with Gasteiger partial charge in [0.05, 0.1) is 24.4 Å². The minimum atomic E-state index is -0.430. The molecular weight excluding hydrogens is 441 g/mol. The van der Waals surface area contributed by atoms with Gasteiger partial charge in [-0.1, -0.05) is 23.2 Å². The molecule has 0 unspecified atom stereocenters. The second-order valence-corrected chi connectivity index (χ2v) is 8.93. The minimum Gasteiger partial charge on any atom is -0.484 e. The molecule has 0 radical (unpaired) electrons. The number of halogens is 2. The Hall–Kier alpha value is -2.32. The van der Waals surface area contributed by atoms with Gasteiger partial charge in [-0.25, -0.2) is 9.69 Å². The zero-order valence-electron chi connectivity index (χ0n) is 16.6. The Kier molecular flexibility index (Phi) is 5.30. The van der Waals surface area contributed by atoms with Crippen LogP contribution >= 0.6 is 23.2 Å². The van der Waals surface area contributed by atoms with Crippen molar-refractivity contribution in [3.63, 3.8) is 0 Å². The highest BCUT2D eigenvalue weighted by Crippen LogP contribution is 2.43. The third-order valence-corrected chi connectivity index (χ3v) is 6.68. The predicted octanol–water partition coefficient (Wildman–Crippen LogP) is 3.16. The summed E-state index contributed by atoms with van der Waals surface area (Å²) in [6.07, 6.45) is 0.795. The molecule has 3 amide bonds. The molecule has 2 saturated heterocycles. The fourth-order valence-electron chi connectivity index (χ4n) is 4.65. The molecule has 0 spiro atoms. The number of anilines is 1. The van der Waals surface area contributed by atoms with Crippen molar-refractivity contribution >= 4 is 40.8 Å². The standard InChI is InChI=1S/C22H21Cl2N3O4/c23-12-7-17-16(18(24)8-12)9-19(26-6-5-14(28)11-26)21(17)31-15-3-1-13(2-4-15)27-20(29)10-25-22(27)30/h1-4,7-8,14,19,21,28H,5-6,9-11H2,(H,25,30)/t14-,19+,21+/m1/s1. The number of carbonyl (C=O) groups excluding carboxylic acids is 2. The molecule has 3 aliphatic rings. The van der Waals surface area contributed by atoms with Gasteiger partial charge in [-0.05, 0) is 54.8 Å². The maximum Gasteiger partial charge on any atom is 0.329 e. The van der Waals surface area contributed by atoms with E-state index < -0.39 is 6.03 Å². The van der Waals surface area contributed by atoms with E-state index in [2.05, 4.69) is 10.2 Å². The van der Waals surface area contributed by atoms with Crippen LogP contribution in [0.15, 0.2) is 36.4 Å². The van der Waals surface area contributed by atoms with Crippen LogP contribution in [0.3, 0.4) is 0 Å². The number of ether oxygens (including phenoxy) is 1. The molecule has 2 aliphatic heterocycles. The van der Waals surface area contributed by atoms with Gasteiger partial charge in [-0.3, -0.25) is 9.69 Å². The number of urea groups is 1. The van der Waals surface area contributed by atoms with Gasteiger partial charge in [-0.15, -0.1) is 0 Å². The van der Waals surface area contributed by atoms with Crippen molar-refractivity contribution in [1.82, 2.24) is 10.2 Å². The Labute approximate surface area is 189 Å². The molecule has 7 nitrogen and oxygen atoms in total. The molecule has 31 heavy (non-hydrogen) atoms. The molecule has 5 rings (SSSR count). The molecular formula is C22H21Cl2N3O4. The molecule has 9 heteroatoms. The van der Waals surface area contributed by atoms with Gasteiger partial charge in [0.1, 0.15) is 11.9 Å². The van der Waals surface area contributed by atoms with Gasteiger partial charge < -0.3 is 15.2 Å². The number of aliphatic hydroxyl groups excluding tert-OH is 1. The molecule has 2 fully saturated rings. The van der Waals surface area contributed by atoms with E-state index in [1.165, 1.54) is 0 Å². The summed E-state index contributed by atoms with van der Waals surface area (Å²) in [7, 11) is 0. The molecule has 162 valence electrons. The zero-order valence-corrected chi connectivity index (χ0v) is 18.1. The van der Waals surface area contributed by atoms with E-state index in [-0.39, 0.29) is 30.7 Å². The number of rotatable bonds is 4. The van der Waals surface area contributed by atoms with Crippen molar-refractivity contribution in [3.8, 4) is 5.75 Å². The number of benzene rings is 2. The highest BCUT2D eigenvalue weighted by atomic mass is 35.5. The van der Waals surface area contributed by atoms with Crippen LogP contribution in [0.2, 0.25) is 10.0 Å². The van der Waals surface area contributed by atoms with Crippen molar-refractivity contribution in [2.24, 2.45) is 0 Å². The van der Waals surface area contributed by atoms with E-state index in [1.807, 2.05) is 6.07 Å². The van der Waals surface area contributed by atoms with Gasteiger partial charge in [-0.2, -0.15) is 0 Å². The molecule has 0 bridgehead atoms. The van der Waals surface area contributed by atoms with Crippen LogP contribution in [-0.4, -0.2) is 53.7 Å². The third kappa shape index (κ3) is 3.76. The first-order chi connectivity index (χ1) is 14.9. The number of fused-ring (bicyclic) bond motifs is 1. The Morgan fingerprint density at radius 3 is 2.55 bits per heavy atom. The van der Waals surface area contributed by atoms with Crippen LogP contribution in [0.5, 0.6) is 5.75 Å². The summed E-state index contributed by atoms with van der Waals surface area (Å²) >= 11 is 12.8. The Morgan fingerprint density at radius 2 is 1.90 bits per heavy atom. The van der Waals surface area contributed by atoms with E-state index in [9.17, 15) is 14.7 Å². The highest BCUT2D eigenvalue weighted by molar-refractivity contribution is 6.35. The van der Waals surface area contributed by atoms with Crippen molar-refractivity contribution in [1.29, 1.82) is 0 Å². The van der Waals surface area contributed by atoms with Crippen molar-refractivity contribution in [3.05, 3.63) is 57.6 Å². The number of hydrogen-bond acceptors (Lipinski definition) is 5. The highest BCUT2D eigenvalue weighted by Gasteiger charge is 2.41. The topological polar surface area (TPSA) is 82.1 Å². The lowest BCUT2D eigenvalue weighted by atomic mass is 10.1. The lowest BCUT2D eigenvalue weighted by Crippen LogP contribution is -2.39. The van der Waals surface area contributed by atoms with Gasteiger partial charge in [0.25, 0.3) is 5.91 Å². The van der Waals surface area contributed by atoms with E-state index in [4.69, 9.17) is 27.9 Å². The number of nitrogens with one attached hydrogen (secondary N) is 1. The van der Waals surface area contributed by atoms with Crippen LogP contribution in [0.4, 0.5) is 10.5 Å². The van der Waals surface area contributed by atoms with Gasteiger partial charge in [0.2, 0.25) is 0 Å². The lowest BCUT2D eigenvalue weighted by molar-refractivity contribution is -0.115. The first kappa shape index (κ1) is 20.6. The van der Waals surface area contributed by atoms with E-state index in [0.717, 1.165) is 29.0 Å². The monoisotopic (exact) mass is 461 g/mol. The maximum absolute atomic E-state index is 11.9. The number of β-amino-alcohol motifs (C(OH)–C–C–N with tert-alkyl or cyclic N) is 1. The molecule has 2 N–H and O–H groups in total. The number of imide groups is 1. The van der Waals surface area contributed by atoms with Crippen LogP contribution in [-0.2, 0) is 11.2 Å². The maximum atomic E-state index is 11.9. The molecule has 2 aromatic carbocycles. The van der Waals surface area contributed by atoms with Gasteiger partial charge >= 0.3 is 6.03 Å². The summed E-state index contributed by atoms with van der Waals surface area (Å²) in [4.78, 5) is 27.2. The fourth-order valence-corrected chi connectivity index (χ4v) is 5.24. The van der Waals surface area contributed by atoms with Gasteiger partial charge in [0.15, 0.2) is 0 Å². The molecule has 0 saturated carbocycles. The summed E-state index contributed by atoms with van der Waals surface area (Å²) in [5.74, 6) is 0.315. The second kappa shape index (κ2) is 7.98. The van der Waals surface area contributed by atoms with Crippen molar-refractivity contribution in [2.45, 2.75) is 31.1 Å². The third-order valence-electron chi connectivity index (χ3n) is 6.13. The Morgan fingerprint density at radius 1 is 1.13 bits per heavy atom. The van der Waals surface area contributed by atoms with Crippen LogP contribution in [0.1, 0.15) is 23.7 Å². The number of carbonyl (C=O) groups is 2. The van der Waals surface area contributed by atoms with E-state index >= 15 is 0 Å². The number of likely N-dealkylation sites (tertiary alicyclic amines) is 1. The second-order valence-electron chi connectivity index (χ2n) is 8.08. The molecule has 0 aromatic heterocycles. The summed E-state index contributed by atoms with van der Waals surface area (Å²) in [5, 5.41) is 13.7. The summed E-state index contributed by atoms with van der Waals surface area (Å²) in [6, 6.07) is 10.1. The first-order valence-electron chi connectivity index (χ1n) is 10.2. The minimum absolute atomic E-state index is 0.000821. The quantitative estimate of drug-likeness (QED) is 0.683. The summed E-state index contributed by atoms with van der Waals surface area (Å²) in [5.41, 5.74) is 2.45. The normalized spacial score (nSPS) is 25.8. The predicted molar refractivity (Wildman–Crippen MR) is 117 cm³/mol. The van der Waals surface area contributed by atoms with Crippen molar-refractivity contribution in [2.75, 3.05) is 24.5 Å². The number of nitrogens with zero attached hydrogens (tertiary/aromatic N) is 2. The first-order valence-corrected chi connectivity index (χ1v) is 10.9. The summed E-state index contributed by atoms with van der Waals surface area (Å²) in [6.45, 7) is 1.38. The van der Waals surface area contributed by atoms with Crippen molar-refractivity contribution < 1.29 is 19.4 Å². The Balaban J connectivity index is 1.43. The molecule has 2 heterocycles. The van der Waals surface area contributed by atoms with E-state index in [0.29, 0.717) is 34.4 Å². The largest absolute Gasteiger partial charge is 0.484 e. The van der Waals surface area contributed by atoms with E-state index in [1.54, 1.807) is 30.3 Å². The van der Waals surface area contributed by atoms with Crippen LogP contribution in [0.25, 0.3) is 0 Å². The average molecular weight is 462 g/mol. The van der Waals surface area contributed by atoms with Gasteiger partial charge in [0, 0.05) is 28.7 Å². The number of hydrogen-bond donors (Lipinski definition) is 2. The number of amides is 3. The average Bonchev–Trinajstić information content (AvgIpc) is 3.41. The SMILES string of the molecule is O=C1CNC(=O)N1c1ccc(O[C@H]2c3cc(Cl)cc(Cl)c3C[C@@H]2N2CC[C@@H](O)C2)cc1. The smallest absolute Gasteiger partial charge is 0.329 e. The fraction of sp³-hybridized carbons (Fsp3) is 0.364. The van der Waals surface area contributed by atoms with Crippen LogP contribution < -0.4 is 15.0 Å². The molecule has 3 atom stereocenters. The molecule has 1 aliphatic carbocycles. The van der Waals surface area contributed by atoms with Crippen LogP contribution in [0, 0.1) is 0 Å². The Bertz CT molecular complexity index is 1030. The summed E-state index contributed by atoms with van der Waals surface area (Å²) < 4.78 is 6.40. The zero-order chi connectivity index (χ0) is 21.7. The molecule has 2 aromatic rings. The lowest BCUT2D eigenvalue weighted by Gasteiger charge is -2.30.